The van der Waals surface area contributed by atoms with Crippen LogP contribution in [-0.2, 0) is 22.5 Å². The van der Waals surface area contributed by atoms with Gasteiger partial charge in [0.2, 0.25) is 0 Å². The largest absolute Gasteiger partial charge is 0.365 e. The highest BCUT2D eigenvalue weighted by atomic mass is 32.1. The molecule has 0 aliphatic carbocycles. The number of nitrogens with zero attached hydrogens (tertiary/aromatic N) is 1. The molecule has 1 aliphatic rings. The number of thiazole rings is 1. The first kappa shape index (κ1) is 14.5. The van der Waals surface area contributed by atoms with Crippen molar-refractivity contribution in [2.75, 3.05) is 6.61 Å². The zero-order valence-corrected chi connectivity index (χ0v) is 12.5. The molecular formula is C14H22N2O2S. The molecule has 1 atom stereocenters. The molecule has 1 aliphatic heterocycles. The summed E-state index contributed by atoms with van der Waals surface area (Å²) < 4.78 is 5.63. The summed E-state index contributed by atoms with van der Waals surface area (Å²) in [5.74, 6) is -0.0164. The van der Waals surface area contributed by atoms with E-state index in [0.29, 0.717) is 13.2 Å². The van der Waals surface area contributed by atoms with Crippen LogP contribution in [-0.4, -0.2) is 23.1 Å². The third kappa shape index (κ3) is 3.76. The highest BCUT2D eigenvalue weighted by Crippen LogP contribution is 2.24. The Bertz CT molecular complexity index is 425. The molecule has 0 saturated carbocycles. The van der Waals surface area contributed by atoms with E-state index in [1.165, 1.54) is 0 Å². The molecule has 2 heterocycles. The average Bonchev–Trinajstić information content (AvgIpc) is 2.85. The van der Waals surface area contributed by atoms with Crippen molar-refractivity contribution in [3.8, 4) is 0 Å². The Kier molecular flexibility index (Phi) is 4.93. The number of amides is 1. The number of aryl methyl sites for hydroxylation is 1. The summed E-state index contributed by atoms with van der Waals surface area (Å²) in [5, 5.41) is 6.11. The first-order chi connectivity index (χ1) is 9.14. The first-order valence-electron chi connectivity index (χ1n) is 6.99. The standard InChI is InChI=1S/C14H22N2O2S/c1-3-6-12-16-11(10-19-12)9-15-13(17)14(2)7-4-5-8-18-14/h10H,3-9H2,1-2H3,(H,15,17)/t14-/m0/s1. The lowest BCUT2D eigenvalue weighted by Gasteiger charge is -2.32. The maximum atomic E-state index is 12.2. The summed E-state index contributed by atoms with van der Waals surface area (Å²) in [6, 6.07) is 0. The molecular weight excluding hydrogens is 260 g/mol. The van der Waals surface area contributed by atoms with E-state index in [9.17, 15) is 4.79 Å². The third-order valence-corrected chi connectivity index (χ3v) is 4.40. The number of carbonyl (C=O) groups is 1. The molecule has 19 heavy (non-hydrogen) atoms. The van der Waals surface area contributed by atoms with Gasteiger partial charge in [0.15, 0.2) is 0 Å². The van der Waals surface area contributed by atoms with Crippen molar-refractivity contribution in [1.82, 2.24) is 10.3 Å². The molecule has 1 aromatic rings. The lowest BCUT2D eigenvalue weighted by atomic mass is 9.95. The summed E-state index contributed by atoms with van der Waals surface area (Å²) in [6.07, 6.45) is 5.03. The second-order valence-electron chi connectivity index (χ2n) is 5.20. The third-order valence-electron chi connectivity index (χ3n) is 3.44. The predicted octanol–water partition coefficient (Wildman–Crippen LogP) is 2.67. The first-order valence-corrected chi connectivity index (χ1v) is 7.87. The van der Waals surface area contributed by atoms with E-state index in [4.69, 9.17) is 4.74 Å². The van der Waals surface area contributed by atoms with Gasteiger partial charge in [-0.3, -0.25) is 4.79 Å². The van der Waals surface area contributed by atoms with E-state index < -0.39 is 5.60 Å². The van der Waals surface area contributed by atoms with Gasteiger partial charge in [-0.15, -0.1) is 11.3 Å². The quantitative estimate of drug-likeness (QED) is 0.903. The lowest BCUT2D eigenvalue weighted by molar-refractivity contribution is -0.150. The Morgan fingerprint density at radius 2 is 2.42 bits per heavy atom. The van der Waals surface area contributed by atoms with Crippen molar-refractivity contribution in [1.29, 1.82) is 0 Å². The van der Waals surface area contributed by atoms with Gasteiger partial charge in [-0.05, 0) is 39.0 Å². The van der Waals surface area contributed by atoms with Crippen LogP contribution in [0.15, 0.2) is 5.38 Å². The van der Waals surface area contributed by atoms with Gasteiger partial charge >= 0.3 is 0 Å². The maximum absolute atomic E-state index is 12.2. The zero-order chi connectivity index (χ0) is 13.7. The maximum Gasteiger partial charge on any atom is 0.252 e. The molecule has 0 spiro atoms. The topological polar surface area (TPSA) is 51.2 Å². The molecule has 2 rings (SSSR count). The number of aromatic nitrogens is 1. The van der Waals surface area contributed by atoms with Gasteiger partial charge in [-0.25, -0.2) is 4.98 Å². The van der Waals surface area contributed by atoms with Gasteiger partial charge in [0, 0.05) is 12.0 Å². The van der Waals surface area contributed by atoms with Crippen molar-refractivity contribution in [3.63, 3.8) is 0 Å². The van der Waals surface area contributed by atoms with Crippen molar-refractivity contribution in [2.45, 2.75) is 58.1 Å². The highest BCUT2D eigenvalue weighted by Gasteiger charge is 2.35. The summed E-state index contributed by atoms with van der Waals surface area (Å²) in [7, 11) is 0. The fourth-order valence-electron chi connectivity index (χ4n) is 2.23. The monoisotopic (exact) mass is 282 g/mol. The molecule has 1 amide bonds. The molecule has 5 heteroatoms. The smallest absolute Gasteiger partial charge is 0.252 e. The molecule has 1 fully saturated rings. The molecule has 0 unspecified atom stereocenters. The summed E-state index contributed by atoms with van der Waals surface area (Å²) in [6.45, 7) is 5.20. The van der Waals surface area contributed by atoms with Gasteiger partial charge in [0.05, 0.1) is 17.2 Å². The van der Waals surface area contributed by atoms with Crippen LogP contribution in [0.2, 0.25) is 0 Å². The van der Waals surface area contributed by atoms with E-state index in [1.807, 2.05) is 12.3 Å². The second-order valence-corrected chi connectivity index (χ2v) is 6.14. The number of hydrogen-bond acceptors (Lipinski definition) is 4. The van der Waals surface area contributed by atoms with Crippen molar-refractivity contribution >= 4 is 17.2 Å². The van der Waals surface area contributed by atoms with E-state index in [0.717, 1.165) is 42.8 Å². The minimum Gasteiger partial charge on any atom is -0.365 e. The van der Waals surface area contributed by atoms with Gasteiger partial charge in [-0.1, -0.05) is 6.92 Å². The summed E-state index contributed by atoms with van der Waals surface area (Å²) >= 11 is 1.67. The minimum atomic E-state index is -0.652. The Morgan fingerprint density at radius 3 is 3.11 bits per heavy atom. The van der Waals surface area contributed by atoms with Crippen LogP contribution in [0.3, 0.4) is 0 Å². The van der Waals surface area contributed by atoms with Crippen LogP contribution in [0.5, 0.6) is 0 Å². The molecule has 1 saturated heterocycles. The van der Waals surface area contributed by atoms with E-state index >= 15 is 0 Å². The molecule has 0 aromatic carbocycles. The fraction of sp³-hybridized carbons (Fsp3) is 0.714. The van der Waals surface area contributed by atoms with Crippen molar-refractivity contribution < 1.29 is 9.53 Å². The molecule has 4 nitrogen and oxygen atoms in total. The Morgan fingerprint density at radius 1 is 1.58 bits per heavy atom. The SMILES string of the molecule is CCCc1nc(CNC(=O)[C@]2(C)CCCCO2)cs1. The number of ether oxygens (including phenoxy) is 1. The van der Waals surface area contributed by atoms with Crippen LogP contribution in [0.1, 0.15) is 50.2 Å². The number of nitrogens with one attached hydrogen (secondary N) is 1. The Balaban J connectivity index is 1.85. The van der Waals surface area contributed by atoms with E-state index in [-0.39, 0.29) is 5.91 Å². The minimum absolute atomic E-state index is 0.0164. The van der Waals surface area contributed by atoms with Crippen molar-refractivity contribution in [3.05, 3.63) is 16.1 Å². The van der Waals surface area contributed by atoms with E-state index in [2.05, 4.69) is 17.2 Å². The van der Waals surface area contributed by atoms with Crippen LogP contribution >= 0.6 is 11.3 Å². The molecule has 0 bridgehead atoms. The van der Waals surface area contributed by atoms with Crippen LogP contribution in [0.25, 0.3) is 0 Å². The highest BCUT2D eigenvalue weighted by molar-refractivity contribution is 7.09. The van der Waals surface area contributed by atoms with E-state index in [1.54, 1.807) is 11.3 Å². The fourth-order valence-corrected chi connectivity index (χ4v) is 3.13. The molecule has 0 radical (unpaired) electrons. The molecule has 1 aromatic heterocycles. The Labute approximate surface area is 118 Å². The number of hydrogen-bond donors (Lipinski definition) is 1. The zero-order valence-electron chi connectivity index (χ0n) is 11.7. The lowest BCUT2D eigenvalue weighted by Crippen LogP contribution is -2.48. The van der Waals surface area contributed by atoms with Crippen LogP contribution in [0, 0.1) is 0 Å². The van der Waals surface area contributed by atoms with Gasteiger partial charge < -0.3 is 10.1 Å². The normalized spacial score (nSPS) is 23.3. The van der Waals surface area contributed by atoms with Crippen molar-refractivity contribution in [2.24, 2.45) is 0 Å². The summed E-state index contributed by atoms with van der Waals surface area (Å²) in [4.78, 5) is 16.7. The number of rotatable bonds is 5. The predicted molar refractivity (Wildman–Crippen MR) is 76.2 cm³/mol. The second kappa shape index (κ2) is 6.48. The number of carbonyl (C=O) groups excluding carboxylic acids is 1. The van der Waals surface area contributed by atoms with Gasteiger partial charge in [-0.2, -0.15) is 0 Å². The molecule has 106 valence electrons. The molecule has 1 N–H and O–H groups in total. The summed E-state index contributed by atoms with van der Waals surface area (Å²) in [5.41, 5.74) is 0.293. The van der Waals surface area contributed by atoms with Crippen LogP contribution < -0.4 is 5.32 Å². The van der Waals surface area contributed by atoms with Gasteiger partial charge in [0.1, 0.15) is 5.60 Å². The Hall–Kier alpha value is -0.940. The van der Waals surface area contributed by atoms with Gasteiger partial charge in [0.25, 0.3) is 5.91 Å². The van der Waals surface area contributed by atoms with Crippen LogP contribution in [0.4, 0.5) is 0 Å². The average molecular weight is 282 g/mol.